The van der Waals surface area contributed by atoms with Gasteiger partial charge in [-0.2, -0.15) is 5.10 Å². The minimum absolute atomic E-state index is 0.247. The lowest BCUT2D eigenvalue weighted by Gasteiger charge is -2.13. The summed E-state index contributed by atoms with van der Waals surface area (Å²) in [5.74, 6) is 0.140. The SMILES string of the molecule is CC(C)CC(O)CNC(=O)c1cc(-c2ccccc2)n[nH]1. The molecule has 0 spiro atoms. The van der Waals surface area contributed by atoms with Gasteiger partial charge in [0.1, 0.15) is 5.69 Å². The van der Waals surface area contributed by atoms with Crippen LogP contribution in [-0.2, 0) is 0 Å². The van der Waals surface area contributed by atoms with Crippen LogP contribution in [0.15, 0.2) is 36.4 Å². The third-order valence-electron chi connectivity index (χ3n) is 3.13. The predicted molar refractivity (Wildman–Crippen MR) is 81.8 cm³/mol. The van der Waals surface area contributed by atoms with Crippen molar-refractivity contribution in [3.63, 3.8) is 0 Å². The third kappa shape index (κ3) is 4.43. The van der Waals surface area contributed by atoms with Crippen molar-refractivity contribution in [1.29, 1.82) is 0 Å². The van der Waals surface area contributed by atoms with Crippen molar-refractivity contribution in [1.82, 2.24) is 15.5 Å². The van der Waals surface area contributed by atoms with E-state index < -0.39 is 6.10 Å². The number of nitrogens with one attached hydrogen (secondary N) is 2. The minimum Gasteiger partial charge on any atom is -0.391 e. The van der Waals surface area contributed by atoms with Gasteiger partial charge in [-0.3, -0.25) is 9.89 Å². The molecule has 1 heterocycles. The normalized spacial score (nSPS) is 12.4. The molecule has 0 aliphatic carbocycles. The molecule has 0 aliphatic heterocycles. The van der Waals surface area contributed by atoms with E-state index in [-0.39, 0.29) is 12.5 Å². The Balaban J connectivity index is 1.93. The second-order valence-corrected chi connectivity index (χ2v) is 5.53. The van der Waals surface area contributed by atoms with Gasteiger partial charge in [0.05, 0.1) is 11.8 Å². The van der Waals surface area contributed by atoms with E-state index in [2.05, 4.69) is 15.5 Å². The largest absolute Gasteiger partial charge is 0.391 e. The summed E-state index contributed by atoms with van der Waals surface area (Å²) >= 11 is 0. The molecular formula is C16H21N3O2. The Morgan fingerprint density at radius 1 is 1.33 bits per heavy atom. The first-order valence-corrected chi connectivity index (χ1v) is 7.13. The van der Waals surface area contributed by atoms with Crippen LogP contribution in [-0.4, -0.2) is 33.9 Å². The highest BCUT2D eigenvalue weighted by atomic mass is 16.3. The van der Waals surface area contributed by atoms with Gasteiger partial charge in [0.2, 0.25) is 0 Å². The summed E-state index contributed by atoms with van der Waals surface area (Å²) in [6, 6.07) is 11.4. The number of H-pyrrole nitrogens is 1. The molecule has 1 atom stereocenters. The van der Waals surface area contributed by atoms with Gasteiger partial charge in [-0.15, -0.1) is 0 Å². The second kappa shape index (κ2) is 7.04. The average Bonchev–Trinajstić information content (AvgIpc) is 2.95. The van der Waals surface area contributed by atoms with Gasteiger partial charge in [0.15, 0.2) is 0 Å². The Labute approximate surface area is 124 Å². The van der Waals surface area contributed by atoms with Crippen LogP contribution in [0.4, 0.5) is 0 Å². The molecule has 1 aromatic heterocycles. The van der Waals surface area contributed by atoms with E-state index in [1.807, 2.05) is 44.2 Å². The molecule has 0 radical (unpaired) electrons. The van der Waals surface area contributed by atoms with Crippen LogP contribution in [0.2, 0.25) is 0 Å². The van der Waals surface area contributed by atoms with E-state index in [1.54, 1.807) is 6.07 Å². The first-order chi connectivity index (χ1) is 10.1. The number of nitrogens with zero attached hydrogens (tertiary/aromatic N) is 1. The molecule has 1 unspecified atom stereocenters. The second-order valence-electron chi connectivity index (χ2n) is 5.53. The number of amides is 1. The van der Waals surface area contributed by atoms with E-state index in [9.17, 15) is 9.90 Å². The van der Waals surface area contributed by atoms with Crippen LogP contribution in [0.1, 0.15) is 30.8 Å². The van der Waals surface area contributed by atoms with Crippen LogP contribution in [0, 0.1) is 5.92 Å². The Morgan fingerprint density at radius 3 is 2.71 bits per heavy atom. The highest BCUT2D eigenvalue weighted by Gasteiger charge is 2.13. The van der Waals surface area contributed by atoms with Gasteiger partial charge in [0, 0.05) is 12.1 Å². The highest BCUT2D eigenvalue weighted by molar-refractivity contribution is 5.93. The smallest absolute Gasteiger partial charge is 0.269 e. The molecule has 0 saturated carbocycles. The molecule has 5 heteroatoms. The number of hydrogen-bond donors (Lipinski definition) is 3. The monoisotopic (exact) mass is 287 g/mol. The van der Waals surface area contributed by atoms with Crippen LogP contribution < -0.4 is 5.32 Å². The topological polar surface area (TPSA) is 78.0 Å². The molecular weight excluding hydrogens is 266 g/mol. The van der Waals surface area contributed by atoms with Crippen molar-refractivity contribution in [3.8, 4) is 11.3 Å². The van der Waals surface area contributed by atoms with Crippen molar-refractivity contribution in [2.45, 2.75) is 26.4 Å². The zero-order valence-corrected chi connectivity index (χ0v) is 12.3. The van der Waals surface area contributed by atoms with Crippen LogP contribution in [0.25, 0.3) is 11.3 Å². The molecule has 0 bridgehead atoms. The molecule has 0 fully saturated rings. The number of carbonyl (C=O) groups is 1. The first-order valence-electron chi connectivity index (χ1n) is 7.13. The van der Waals surface area contributed by atoms with Crippen molar-refractivity contribution < 1.29 is 9.90 Å². The Kier molecular flexibility index (Phi) is 5.11. The minimum atomic E-state index is -0.523. The molecule has 0 saturated heterocycles. The fourth-order valence-electron chi connectivity index (χ4n) is 2.13. The van der Waals surface area contributed by atoms with Gasteiger partial charge in [-0.05, 0) is 18.4 Å². The number of aromatic nitrogens is 2. The van der Waals surface area contributed by atoms with Crippen LogP contribution in [0.5, 0.6) is 0 Å². The van der Waals surface area contributed by atoms with Crippen LogP contribution >= 0.6 is 0 Å². The van der Waals surface area contributed by atoms with Crippen molar-refractivity contribution in [3.05, 3.63) is 42.1 Å². The maximum absolute atomic E-state index is 12.0. The molecule has 0 aliphatic rings. The summed E-state index contributed by atoms with van der Waals surface area (Å²) in [6.07, 6.45) is 0.142. The number of aliphatic hydroxyl groups excluding tert-OH is 1. The summed E-state index contributed by atoms with van der Waals surface area (Å²) in [5.41, 5.74) is 2.07. The summed E-state index contributed by atoms with van der Waals surface area (Å²) in [4.78, 5) is 12.0. The fourth-order valence-corrected chi connectivity index (χ4v) is 2.13. The quantitative estimate of drug-likeness (QED) is 0.762. The molecule has 2 rings (SSSR count). The first kappa shape index (κ1) is 15.3. The number of benzene rings is 1. The molecule has 5 nitrogen and oxygen atoms in total. The highest BCUT2D eigenvalue weighted by Crippen LogP contribution is 2.16. The van der Waals surface area contributed by atoms with Crippen molar-refractivity contribution in [2.24, 2.45) is 5.92 Å². The van der Waals surface area contributed by atoms with E-state index in [0.29, 0.717) is 18.0 Å². The average molecular weight is 287 g/mol. The van der Waals surface area contributed by atoms with Gasteiger partial charge in [-0.25, -0.2) is 0 Å². The maximum atomic E-state index is 12.0. The Bertz CT molecular complexity index is 578. The third-order valence-corrected chi connectivity index (χ3v) is 3.13. The van der Waals surface area contributed by atoms with E-state index in [1.165, 1.54) is 0 Å². The van der Waals surface area contributed by atoms with Gasteiger partial charge < -0.3 is 10.4 Å². The van der Waals surface area contributed by atoms with Crippen molar-refractivity contribution >= 4 is 5.91 Å². The lowest BCUT2D eigenvalue weighted by Crippen LogP contribution is -2.32. The molecule has 3 N–H and O–H groups in total. The Hall–Kier alpha value is -2.14. The Morgan fingerprint density at radius 2 is 2.05 bits per heavy atom. The van der Waals surface area contributed by atoms with E-state index in [4.69, 9.17) is 0 Å². The van der Waals surface area contributed by atoms with E-state index in [0.717, 1.165) is 11.3 Å². The molecule has 1 amide bonds. The lowest BCUT2D eigenvalue weighted by molar-refractivity contribution is 0.0895. The van der Waals surface area contributed by atoms with Crippen molar-refractivity contribution in [2.75, 3.05) is 6.54 Å². The maximum Gasteiger partial charge on any atom is 0.269 e. The zero-order valence-electron chi connectivity index (χ0n) is 12.3. The van der Waals surface area contributed by atoms with Gasteiger partial charge in [-0.1, -0.05) is 44.2 Å². The van der Waals surface area contributed by atoms with E-state index >= 15 is 0 Å². The number of aromatic amines is 1. The van der Waals surface area contributed by atoms with Crippen LogP contribution in [0.3, 0.4) is 0 Å². The number of aliphatic hydroxyl groups is 1. The number of rotatable bonds is 6. The lowest BCUT2D eigenvalue weighted by atomic mass is 10.1. The number of hydrogen-bond acceptors (Lipinski definition) is 3. The summed E-state index contributed by atoms with van der Waals surface area (Å²) < 4.78 is 0. The summed E-state index contributed by atoms with van der Waals surface area (Å²) in [5, 5.41) is 19.3. The van der Waals surface area contributed by atoms with Gasteiger partial charge >= 0.3 is 0 Å². The predicted octanol–water partition coefficient (Wildman–Crippen LogP) is 2.21. The number of carbonyl (C=O) groups excluding carboxylic acids is 1. The molecule has 2 aromatic rings. The standard InChI is InChI=1S/C16H21N3O2/c1-11(2)8-13(20)10-17-16(21)15-9-14(18-19-15)12-6-4-3-5-7-12/h3-7,9,11,13,20H,8,10H2,1-2H3,(H,17,21)(H,18,19). The van der Waals surface area contributed by atoms with Gasteiger partial charge in [0.25, 0.3) is 5.91 Å². The molecule has 21 heavy (non-hydrogen) atoms. The zero-order chi connectivity index (χ0) is 15.2. The summed E-state index contributed by atoms with van der Waals surface area (Å²) in [6.45, 7) is 4.31. The molecule has 112 valence electrons. The fraction of sp³-hybridized carbons (Fsp3) is 0.375. The summed E-state index contributed by atoms with van der Waals surface area (Å²) in [7, 11) is 0. The molecule has 1 aromatic carbocycles.